The number of amidine groups is 1. The Hall–Kier alpha value is -0.420. The minimum absolute atomic E-state index is 0.281. The monoisotopic (exact) mass is 231 g/mol. The van der Waals surface area contributed by atoms with Crippen LogP contribution >= 0.6 is 11.8 Å². The summed E-state index contributed by atoms with van der Waals surface area (Å²) in [6, 6.07) is 0.281. The molecule has 0 aromatic rings. The van der Waals surface area contributed by atoms with Crippen LogP contribution in [0.25, 0.3) is 0 Å². The van der Waals surface area contributed by atoms with Crippen molar-refractivity contribution >= 4 is 17.6 Å². The van der Waals surface area contributed by atoms with Crippen LogP contribution in [0.2, 0.25) is 0 Å². The number of rotatable bonds is 5. The molecule has 1 aliphatic rings. The molecule has 2 unspecified atom stereocenters. The predicted octanol–water partition coefficient (Wildman–Crippen LogP) is 1.39. The van der Waals surface area contributed by atoms with Crippen LogP contribution < -0.4 is 11.1 Å². The van der Waals surface area contributed by atoms with Crippen LogP contribution in [0.4, 0.5) is 0 Å². The van der Waals surface area contributed by atoms with E-state index >= 15 is 0 Å². The van der Waals surface area contributed by atoms with Gasteiger partial charge < -0.3 is 16.3 Å². The molecule has 0 radical (unpaired) electrons. The number of thioether (sulfide) groups is 1. The van der Waals surface area contributed by atoms with Gasteiger partial charge in [0.2, 0.25) is 0 Å². The van der Waals surface area contributed by atoms with Crippen LogP contribution in [0.5, 0.6) is 0 Å². The Labute approximate surface area is 95.7 Å². The lowest BCUT2D eigenvalue weighted by molar-refractivity contribution is 0.316. The molecule has 4 nitrogen and oxygen atoms in total. The largest absolute Gasteiger partial charge is 0.409 e. The lowest BCUT2D eigenvalue weighted by Crippen LogP contribution is -2.36. The maximum atomic E-state index is 8.43. The number of nitrogens with two attached hydrogens (primary N) is 1. The maximum Gasteiger partial charge on any atom is 0.140 e. The van der Waals surface area contributed by atoms with Gasteiger partial charge in [0, 0.05) is 24.3 Å². The molecule has 0 saturated carbocycles. The summed E-state index contributed by atoms with van der Waals surface area (Å²) < 4.78 is 0. The number of hydrogen-bond donors (Lipinski definition) is 3. The summed E-state index contributed by atoms with van der Waals surface area (Å²) in [5.41, 5.74) is 5.44. The number of nitrogens with zero attached hydrogens (tertiary/aromatic N) is 1. The lowest BCUT2D eigenvalue weighted by Gasteiger charge is -2.23. The third kappa shape index (κ3) is 5.28. The average Bonchev–Trinajstić information content (AvgIpc) is 2.27. The Morgan fingerprint density at radius 2 is 2.47 bits per heavy atom. The zero-order valence-corrected chi connectivity index (χ0v) is 10.1. The zero-order valence-electron chi connectivity index (χ0n) is 9.28. The van der Waals surface area contributed by atoms with E-state index in [1.807, 2.05) is 0 Å². The summed E-state index contributed by atoms with van der Waals surface area (Å²) in [5, 5.41) is 15.6. The second kappa shape index (κ2) is 6.95. The topological polar surface area (TPSA) is 70.6 Å². The van der Waals surface area contributed by atoms with E-state index in [0.717, 1.165) is 11.8 Å². The van der Waals surface area contributed by atoms with E-state index in [1.54, 1.807) is 0 Å². The van der Waals surface area contributed by atoms with Gasteiger partial charge in [0.15, 0.2) is 0 Å². The van der Waals surface area contributed by atoms with E-state index in [0.29, 0.717) is 12.3 Å². The first-order valence-electron chi connectivity index (χ1n) is 5.53. The Balaban J connectivity index is 2.12. The highest BCUT2D eigenvalue weighted by Gasteiger charge is 2.14. The van der Waals surface area contributed by atoms with Crippen molar-refractivity contribution in [1.29, 1.82) is 0 Å². The van der Waals surface area contributed by atoms with Crippen LogP contribution in [0, 0.1) is 0 Å². The van der Waals surface area contributed by atoms with E-state index in [1.165, 1.54) is 25.0 Å². The summed E-state index contributed by atoms with van der Waals surface area (Å²) in [6.07, 6.45) is 4.64. The van der Waals surface area contributed by atoms with Crippen molar-refractivity contribution in [3.8, 4) is 0 Å². The number of oxime groups is 1. The van der Waals surface area contributed by atoms with Crippen LogP contribution in [-0.4, -0.2) is 34.6 Å². The van der Waals surface area contributed by atoms with Crippen molar-refractivity contribution in [2.75, 3.05) is 12.3 Å². The summed E-state index contributed by atoms with van der Waals surface area (Å²) >= 11 is 2.06. The molecule has 0 aliphatic carbocycles. The van der Waals surface area contributed by atoms with E-state index in [4.69, 9.17) is 10.9 Å². The molecule has 1 rings (SSSR count). The van der Waals surface area contributed by atoms with E-state index < -0.39 is 0 Å². The van der Waals surface area contributed by atoms with Gasteiger partial charge in [-0.05, 0) is 25.5 Å². The molecule has 1 aliphatic heterocycles. The van der Waals surface area contributed by atoms with Gasteiger partial charge in [0.25, 0.3) is 0 Å². The molecule has 15 heavy (non-hydrogen) atoms. The van der Waals surface area contributed by atoms with Crippen LogP contribution in [0.3, 0.4) is 0 Å². The highest BCUT2D eigenvalue weighted by molar-refractivity contribution is 7.99. The van der Waals surface area contributed by atoms with Crippen molar-refractivity contribution in [2.45, 2.75) is 43.9 Å². The summed E-state index contributed by atoms with van der Waals surface area (Å²) in [5.74, 6) is 1.59. The number of hydrogen-bond acceptors (Lipinski definition) is 4. The fourth-order valence-electron chi connectivity index (χ4n) is 1.73. The van der Waals surface area contributed by atoms with Crippen molar-refractivity contribution in [2.24, 2.45) is 10.9 Å². The molecule has 0 bridgehead atoms. The SMILES string of the molecule is CC(CC(N)=NO)NCC1CCCCS1. The molecule has 5 heteroatoms. The molecule has 4 N–H and O–H groups in total. The van der Waals surface area contributed by atoms with E-state index in [2.05, 4.69) is 29.2 Å². The molecule has 0 aromatic heterocycles. The van der Waals surface area contributed by atoms with Crippen molar-refractivity contribution in [3.63, 3.8) is 0 Å². The molecule has 1 saturated heterocycles. The molecule has 88 valence electrons. The number of nitrogens with one attached hydrogen (secondary N) is 1. The smallest absolute Gasteiger partial charge is 0.140 e. The van der Waals surface area contributed by atoms with E-state index in [-0.39, 0.29) is 6.04 Å². The minimum Gasteiger partial charge on any atom is -0.409 e. The van der Waals surface area contributed by atoms with Crippen LogP contribution in [0.1, 0.15) is 32.6 Å². The summed E-state index contributed by atoms with van der Waals surface area (Å²) in [7, 11) is 0. The Kier molecular flexibility index (Phi) is 5.86. The van der Waals surface area contributed by atoms with Crippen molar-refractivity contribution in [1.82, 2.24) is 5.32 Å². The summed E-state index contributed by atoms with van der Waals surface area (Å²) in [4.78, 5) is 0. The van der Waals surface area contributed by atoms with Crippen LogP contribution in [0.15, 0.2) is 5.16 Å². The van der Waals surface area contributed by atoms with Gasteiger partial charge in [0.05, 0.1) is 0 Å². The first-order valence-corrected chi connectivity index (χ1v) is 6.58. The molecular weight excluding hydrogens is 210 g/mol. The first kappa shape index (κ1) is 12.6. The van der Waals surface area contributed by atoms with Gasteiger partial charge in [-0.1, -0.05) is 11.6 Å². The Bertz CT molecular complexity index is 205. The molecule has 0 spiro atoms. The Morgan fingerprint density at radius 1 is 1.67 bits per heavy atom. The van der Waals surface area contributed by atoms with E-state index in [9.17, 15) is 0 Å². The van der Waals surface area contributed by atoms with Gasteiger partial charge in [-0.15, -0.1) is 0 Å². The normalized spacial score (nSPS) is 25.1. The third-order valence-electron chi connectivity index (χ3n) is 2.61. The molecule has 0 amide bonds. The maximum absolute atomic E-state index is 8.43. The molecule has 2 atom stereocenters. The third-order valence-corrected chi connectivity index (χ3v) is 4.01. The second-order valence-electron chi connectivity index (χ2n) is 4.09. The lowest BCUT2D eigenvalue weighted by atomic mass is 10.1. The zero-order chi connectivity index (χ0) is 11.1. The first-order chi connectivity index (χ1) is 7.22. The highest BCUT2D eigenvalue weighted by Crippen LogP contribution is 2.24. The van der Waals surface area contributed by atoms with Crippen molar-refractivity contribution < 1.29 is 5.21 Å². The van der Waals surface area contributed by atoms with Gasteiger partial charge in [0.1, 0.15) is 5.84 Å². The van der Waals surface area contributed by atoms with Crippen LogP contribution in [-0.2, 0) is 0 Å². The standard InChI is InChI=1S/C10H21N3OS/c1-8(6-10(11)13-14)12-7-9-4-2-3-5-15-9/h8-9,12,14H,2-7H2,1H3,(H2,11,13). The van der Waals surface area contributed by atoms with Gasteiger partial charge in [-0.3, -0.25) is 0 Å². The van der Waals surface area contributed by atoms with Gasteiger partial charge in [-0.2, -0.15) is 11.8 Å². The fourth-order valence-corrected chi connectivity index (χ4v) is 2.98. The highest BCUT2D eigenvalue weighted by atomic mass is 32.2. The molecular formula is C10H21N3OS. The second-order valence-corrected chi connectivity index (χ2v) is 5.50. The van der Waals surface area contributed by atoms with Crippen molar-refractivity contribution in [3.05, 3.63) is 0 Å². The molecule has 1 fully saturated rings. The predicted molar refractivity (Wildman–Crippen MR) is 65.6 cm³/mol. The quantitative estimate of drug-likeness (QED) is 0.289. The summed E-state index contributed by atoms with van der Waals surface area (Å²) in [6.45, 7) is 3.09. The molecule has 1 heterocycles. The molecule has 0 aromatic carbocycles. The van der Waals surface area contributed by atoms with Gasteiger partial charge in [-0.25, -0.2) is 0 Å². The Morgan fingerprint density at radius 3 is 3.07 bits per heavy atom. The fraction of sp³-hybridized carbons (Fsp3) is 0.900. The average molecular weight is 231 g/mol. The minimum atomic E-state index is 0.281. The van der Waals surface area contributed by atoms with Gasteiger partial charge >= 0.3 is 0 Å².